The number of hydrogen-bond donors (Lipinski definition) is 1. The van der Waals surface area contributed by atoms with E-state index in [9.17, 15) is 4.79 Å². The topological polar surface area (TPSA) is 59.9 Å². The lowest BCUT2D eigenvalue weighted by Crippen LogP contribution is -2.17. The highest BCUT2D eigenvalue weighted by Crippen LogP contribution is 2.34. The molecule has 1 amide bonds. The van der Waals surface area contributed by atoms with Gasteiger partial charge in [0, 0.05) is 5.56 Å². The largest absolute Gasteiger partial charge is 0.493 e. The molecule has 0 unspecified atom stereocenters. The number of ether oxygens (including phenoxy) is 2. The third kappa shape index (κ3) is 5.18. The molecule has 1 N–H and O–H groups in total. The highest BCUT2D eigenvalue weighted by molar-refractivity contribution is 14.1. The Labute approximate surface area is 222 Å². The molecule has 6 heteroatoms. The Hall–Kier alpha value is -3.91. The molecule has 0 heterocycles. The van der Waals surface area contributed by atoms with Crippen LogP contribution in [-0.2, 0) is 6.61 Å². The van der Waals surface area contributed by atoms with E-state index >= 15 is 0 Å². The van der Waals surface area contributed by atoms with E-state index < -0.39 is 0 Å². The van der Waals surface area contributed by atoms with Crippen LogP contribution in [0.3, 0.4) is 0 Å². The number of hydrazone groups is 1. The number of methoxy groups -OCH3 is 1. The molecule has 0 aliphatic carbocycles. The van der Waals surface area contributed by atoms with Crippen LogP contribution in [0.2, 0.25) is 0 Å². The summed E-state index contributed by atoms with van der Waals surface area (Å²) in [5.74, 6) is 1.00. The molecule has 0 saturated heterocycles. The maximum atomic E-state index is 12.6. The van der Waals surface area contributed by atoms with Gasteiger partial charge < -0.3 is 9.47 Å². The Morgan fingerprint density at radius 2 is 1.64 bits per heavy atom. The maximum absolute atomic E-state index is 12.6. The predicted octanol–water partition coefficient (Wildman–Crippen LogP) is 6.95. The highest BCUT2D eigenvalue weighted by atomic mass is 127. The van der Waals surface area contributed by atoms with Crippen molar-refractivity contribution in [3.05, 3.63) is 117 Å². The lowest BCUT2D eigenvalue weighted by Gasteiger charge is -2.14. The highest BCUT2D eigenvalue weighted by Gasteiger charge is 2.13. The third-order valence-electron chi connectivity index (χ3n) is 5.90. The normalized spacial score (nSPS) is 11.2. The van der Waals surface area contributed by atoms with E-state index in [4.69, 9.17) is 9.47 Å². The van der Waals surface area contributed by atoms with Crippen LogP contribution in [-0.4, -0.2) is 19.2 Å². The molecule has 5 aromatic rings. The number of carbonyl (C=O) groups is 1. The van der Waals surface area contributed by atoms with Crippen LogP contribution in [0, 0.1) is 3.57 Å². The van der Waals surface area contributed by atoms with Crippen molar-refractivity contribution in [1.29, 1.82) is 0 Å². The summed E-state index contributed by atoms with van der Waals surface area (Å²) in [5, 5.41) is 8.58. The molecule has 0 aromatic heterocycles. The SMILES string of the molecule is COc1cc(/C=N\NC(=O)c2ccc3ccccc3c2)cc(I)c1OCc1cccc2ccccc12. The molecule has 0 atom stereocenters. The van der Waals surface area contributed by atoms with Gasteiger partial charge in [0.2, 0.25) is 0 Å². The summed E-state index contributed by atoms with van der Waals surface area (Å²) in [6.45, 7) is 0.420. The minimum Gasteiger partial charge on any atom is -0.493 e. The first-order valence-corrected chi connectivity index (χ1v) is 12.5. The lowest BCUT2D eigenvalue weighted by molar-refractivity contribution is 0.0955. The van der Waals surface area contributed by atoms with E-state index in [0.29, 0.717) is 23.7 Å². The number of rotatable bonds is 7. The van der Waals surface area contributed by atoms with Gasteiger partial charge in [-0.15, -0.1) is 0 Å². The molecule has 0 radical (unpaired) electrons. The number of amides is 1. The fourth-order valence-electron chi connectivity index (χ4n) is 4.08. The molecule has 5 nitrogen and oxygen atoms in total. The van der Waals surface area contributed by atoms with E-state index in [0.717, 1.165) is 25.5 Å². The molecular weight excluding hydrogens is 563 g/mol. The Morgan fingerprint density at radius 1 is 0.889 bits per heavy atom. The monoisotopic (exact) mass is 586 g/mol. The second kappa shape index (κ2) is 10.8. The molecule has 0 saturated carbocycles. The minimum atomic E-state index is -0.270. The predicted molar refractivity (Wildman–Crippen MR) is 153 cm³/mol. The van der Waals surface area contributed by atoms with Gasteiger partial charge in [-0.05, 0) is 79.5 Å². The smallest absolute Gasteiger partial charge is 0.271 e. The zero-order valence-corrected chi connectivity index (χ0v) is 21.7. The summed E-state index contributed by atoms with van der Waals surface area (Å²) in [5.41, 5.74) is 5.04. The van der Waals surface area contributed by atoms with E-state index in [2.05, 4.69) is 57.4 Å². The van der Waals surface area contributed by atoms with Crippen molar-refractivity contribution in [2.45, 2.75) is 6.61 Å². The first-order valence-electron chi connectivity index (χ1n) is 11.4. The quantitative estimate of drug-likeness (QED) is 0.128. The van der Waals surface area contributed by atoms with Crippen molar-refractivity contribution < 1.29 is 14.3 Å². The number of halogens is 1. The number of hydrogen-bond acceptors (Lipinski definition) is 4. The molecule has 0 aliphatic rings. The standard InChI is InChI=1S/C30H23IN2O3/c1-35-28-16-20(18-32-33-30(34)24-14-13-21-7-2-3-9-23(21)17-24)15-27(31)29(28)36-19-25-11-6-10-22-8-4-5-12-26(22)25/h2-18H,19H2,1H3,(H,33,34)/b32-18-. The maximum Gasteiger partial charge on any atom is 0.271 e. The molecule has 178 valence electrons. The summed E-state index contributed by atoms with van der Waals surface area (Å²) in [6, 6.07) is 31.7. The molecule has 0 aliphatic heterocycles. The zero-order valence-electron chi connectivity index (χ0n) is 19.6. The lowest BCUT2D eigenvalue weighted by atomic mass is 10.1. The van der Waals surface area contributed by atoms with Gasteiger partial charge in [0.1, 0.15) is 6.61 Å². The third-order valence-corrected chi connectivity index (χ3v) is 6.70. The van der Waals surface area contributed by atoms with Gasteiger partial charge >= 0.3 is 0 Å². The minimum absolute atomic E-state index is 0.270. The van der Waals surface area contributed by atoms with Crippen molar-refractivity contribution >= 4 is 56.3 Å². The Bertz CT molecular complexity index is 1590. The van der Waals surface area contributed by atoms with Crippen molar-refractivity contribution in [1.82, 2.24) is 5.43 Å². The van der Waals surface area contributed by atoms with Gasteiger partial charge in [0.05, 0.1) is 16.9 Å². The average Bonchev–Trinajstić information content (AvgIpc) is 2.91. The van der Waals surface area contributed by atoms with Crippen LogP contribution in [0.5, 0.6) is 11.5 Å². The summed E-state index contributed by atoms with van der Waals surface area (Å²) < 4.78 is 12.7. The fraction of sp³-hybridized carbons (Fsp3) is 0.0667. The fourth-order valence-corrected chi connectivity index (χ4v) is 4.86. The molecule has 36 heavy (non-hydrogen) atoms. The van der Waals surface area contributed by atoms with Gasteiger partial charge in [-0.1, -0.05) is 72.8 Å². The van der Waals surface area contributed by atoms with Crippen LogP contribution in [0.25, 0.3) is 21.5 Å². The van der Waals surface area contributed by atoms with Gasteiger partial charge in [0.15, 0.2) is 11.5 Å². The van der Waals surface area contributed by atoms with Crippen LogP contribution in [0.1, 0.15) is 21.5 Å². The Balaban J connectivity index is 1.29. The second-order valence-corrected chi connectivity index (χ2v) is 9.38. The molecular formula is C30H23IN2O3. The number of benzene rings is 5. The summed E-state index contributed by atoms with van der Waals surface area (Å²) in [7, 11) is 1.61. The Morgan fingerprint density at radius 3 is 2.47 bits per heavy atom. The van der Waals surface area contributed by atoms with Gasteiger partial charge in [-0.2, -0.15) is 5.10 Å². The van der Waals surface area contributed by atoms with Crippen LogP contribution >= 0.6 is 22.6 Å². The number of nitrogens with one attached hydrogen (secondary N) is 1. The van der Waals surface area contributed by atoms with Crippen molar-refractivity contribution in [3.8, 4) is 11.5 Å². The molecule has 5 rings (SSSR count). The second-order valence-electron chi connectivity index (χ2n) is 8.22. The summed E-state index contributed by atoms with van der Waals surface area (Å²) >= 11 is 2.22. The van der Waals surface area contributed by atoms with Crippen LogP contribution in [0.15, 0.2) is 102 Å². The zero-order chi connectivity index (χ0) is 24.9. The van der Waals surface area contributed by atoms with E-state index in [1.165, 1.54) is 10.8 Å². The number of carbonyl (C=O) groups excluding carboxylic acids is 1. The Kier molecular flexibility index (Phi) is 7.13. The first kappa shape index (κ1) is 23.8. The van der Waals surface area contributed by atoms with Gasteiger partial charge in [0.25, 0.3) is 5.91 Å². The van der Waals surface area contributed by atoms with Crippen LogP contribution < -0.4 is 14.9 Å². The summed E-state index contributed by atoms with van der Waals surface area (Å²) in [4.78, 5) is 12.6. The molecule has 5 aromatic carbocycles. The first-order chi connectivity index (χ1) is 17.6. The number of nitrogens with zero attached hydrogens (tertiary/aromatic N) is 1. The average molecular weight is 586 g/mol. The molecule has 0 spiro atoms. The molecule has 0 fully saturated rings. The van der Waals surface area contributed by atoms with E-state index in [-0.39, 0.29) is 5.91 Å². The summed E-state index contributed by atoms with van der Waals surface area (Å²) in [6.07, 6.45) is 1.60. The van der Waals surface area contributed by atoms with E-state index in [1.807, 2.05) is 66.7 Å². The van der Waals surface area contributed by atoms with Crippen molar-refractivity contribution in [2.75, 3.05) is 7.11 Å². The van der Waals surface area contributed by atoms with E-state index in [1.54, 1.807) is 19.4 Å². The number of fused-ring (bicyclic) bond motifs is 2. The van der Waals surface area contributed by atoms with Crippen molar-refractivity contribution in [2.24, 2.45) is 5.10 Å². The van der Waals surface area contributed by atoms with Gasteiger partial charge in [-0.25, -0.2) is 5.43 Å². The van der Waals surface area contributed by atoms with Crippen LogP contribution in [0.4, 0.5) is 0 Å². The van der Waals surface area contributed by atoms with Gasteiger partial charge in [-0.3, -0.25) is 4.79 Å². The van der Waals surface area contributed by atoms with Crippen molar-refractivity contribution in [3.63, 3.8) is 0 Å². The molecule has 0 bridgehead atoms.